The Balaban J connectivity index is 2.29. The average Bonchev–Trinajstić information content (AvgIpc) is 2.54. The second-order valence-electron chi connectivity index (χ2n) is 5.46. The first-order valence-electron chi connectivity index (χ1n) is 8.14. The molecule has 1 aromatic rings. The Kier molecular flexibility index (Phi) is 9.82. The van der Waals surface area contributed by atoms with Crippen LogP contribution in [0.2, 0.25) is 0 Å². The largest absolute Gasteiger partial charge is 0.491 e. The zero-order chi connectivity index (χ0) is 16.2. The summed E-state index contributed by atoms with van der Waals surface area (Å²) in [5.41, 5.74) is 7.76. The molecule has 5 heteroatoms. The molecule has 0 saturated carbocycles. The van der Waals surface area contributed by atoms with Crippen LogP contribution >= 0.6 is 0 Å². The molecule has 2 atom stereocenters. The van der Waals surface area contributed by atoms with Gasteiger partial charge in [-0.25, -0.2) is 0 Å². The van der Waals surface area contributed by atoms with Gasteiger partial charge >= 0.3 is 0 Å². The molecule has 0 aromatic heterocycles. The number of nitrogens with one attached hydrogen (secondary N) is 3. The highest BCUT2D eigenvalue weighted by Gasteiger charge is 2.07. The fourth-order valence-electron chi connectivity index (χ4n) is 1.92. The normalized spacial score (nSPS) is 13.8. The molecule has 0 saturated heterocycles. The first-order chi connectivity index (χ1) is 10.7. The smallest absolute Gasteiger partial charge is 0.120 e. The van der Waals surface area contributed by atoms with E-state index in [9.17, 15) is 0 Å². The highest BCUT2D eigenvalue weighted by molar-refractivity contribution is 5.30. The molecule has 0 radical (unpaired) electrons. The first-order valence-corrected chi connectivity index (χ1v) is 8.14. The third kappa shape index (κ3) is 7.75. The number of ether oxygens (including phenoxy) is 2. The van der Waals surface area contributed by atoms with Gasteiger partial charge in [0.05, 0.1) is 12.8 Å². The van der Waals surface area contributed by atoms with Crippen molar-refractivity contribution < 1.29 is 9.47 Å². The van der Waals surface area contributed by atoms with E-state index in [1.54, 1.807) is 0 Å². The van der Waals surface area contributed by atoms with Crippen LogP contribution in [-0.4, -0.2) is 33.0 Å². The fraction of sp³-hybridized carbons (Fsp3) is 0.647. The lowest BCUT2D eigenvalue weighted by atomic mass is 10.1. The van der Waals surface area contributed by atoms with Gasteiger partial charge in [-0.1, -0.05) is 19.1 Å². The van der Waals surface area contributed by atoms with Crippen molar-refractivity contribution in [2.45, 2.75) is 45.8 Å². The topological polar surface area (TPSA) is 54.5 Å². The SMILES string of the molecule is CC[C@@H](C)Oc1cccc(C(C)NNCCCOCNC)c1. The molecule has 0 heterocycles. The maximum absolute atomic E-state index is 5.86. The number of rotatable bonds is 12. The summed E-state index contributed by atoms with van der Waals surface area (Å²) in [7, 11) is 1.88. The van der Waals surface area contributed by atoms with Crippen LogP contribution in [-0.2, 0) is 4.74 Å². The monoisotopic (exact) mass is 309 g/mol. The van der Waals surface area contributed by atoms with Crippen molar-refractivity contribution in [3.05, 3.63) is 29.8 Å². The van der Waals surface area contributed by atoms with Crippen LogP contribution in [0.3, 0.4) is 0 Å². The Hall–Kier alpha value is -1.14. The minimum atomic E-state index is 0.221. The van der Waals surface area contributed by atoms with Gasteiger partial charge < -0.3 is 9.47 Å². The fourth-order valence-corrected chi connectivity index (χ4v) is 1.92. The Bertz CT molecular complexity index is 401. The summed E-state index contributed by atoms with van der Waals surface area (Å²) in [5.74, 6) is 0.931. The van der Waals surface area contributed by atoms with E-state index in [-0.39, 0.29) is 12.1 Å². The van der Waals surface area contributed by atoms with Gasteiger partial charge in [0.15, 0.2) is 0 Å². The van der Waals surface area contributed by atoms with Crippen molar-refractivity contribution in [3.63, 3.8) is 0 Å². The molecule has 1 aromatic carbocycles. The second-order valence-corrected chi connectivity index (χ2v) is 5.46. The molecular formula is C17H31N3O2. The van der Waals surface area contributed by atoms with Crippen molar-refractivity contribution in [1.82, 2.24) is 16.2 Å². The van der Waals surface area contributed by atoms with Gasteiger partial charge in [0.2, 0.25) is 0 Å². The summed E-state index contributed by atoms with van der Waals surface area (Å²) in [6.45, 7) is 8.58. The van der Waals surface area contributed by atoms with Gasteiger partial charge in [-0.15, -0.1) is 0 Å². The summed E-state index contributed by atoms with van der Waals surface area (Å²) < 4.78 is 11.2. The number of hydrogen-bond donors (Lipinski definition) is 3. The average molecular weight is 309 g/mol. The lowest BCUT2D eigenvalue weighted by Gasteiger charge is -2.18. The predicted molar refractivity (Wildman–Crippen MR) is 90.9 cm³/mol. The van der Waals surface area contributed by atoms with Gasteiger partial charge in [-0.3, -0.25) is 16.2 Å². The maximum atomic E-state index is 5.86. The maximum Gasteiger partial charge on any atom is 0.120 e. The number of hydrogen-bond acceptors (Lipinski definition) is 5. The number of hydrazine groups is 1. The quantitative estimate of drug-likeness (QED) is 0.315. The molecule has 1 rings (SSSR count). The molecule has 22 heavy (non-hydrogen) atoms. The lowest BCUT2D eigenvalue weighted by Crippen LogP contribution is -2.35. The van der Waals surface area contributed by atoms with Crippen molar-refractivity contribution in [2.75, 3.05) is 26.9 Å². The molecule has 0 aliphatic rings. The summed E-state index contributed by atoms with van der Waals surface area (Å²) in [6, 6.07) is 8.48. The van der Waals surface area contributed by atoms with Crippen LogP contribution in [0, 0.1) is 0 Å². The van der Waals surface area contributed by atoms with Crippen molar-refractivity contribution in [3.8, 4) is 5.75 Å². The van der Waals surface area contributed by atoms with E-state index in [0.29, 0.717) is 6.73 Å². The minimum Gasteiger partial charge on any atom is -0.491 e. The molecule has 0 fully saturated rings. The standard InChI is InChI=1S/C17H31N3O2/c1-5-14(2)22-17-9-6-8-16(12-17)15(3)20-19-10-7-11-21-13-18-4/h6,8-9,12,14-15,18-20H,5,7,10-11,13H2,1-4H3/t14-,15?/m1/s1. The number of benzene rings is 1. The highest BCUT2D eigenvalue weighted by Crippen LogP contribution is 2.20. The zero-order valence-corrected chi connectivity index (χ0v) is 14.3. The van der Waals surface area contributed by atoms with Crippen LogP contribution in [0.1, 0.15) is 45.2 Å². The Labute approximate surface area is 134 Å². The van der Waals surface area contributed by atoms with E-state index in [1.807, 2.05) is 19.2 Å². The highest BCUT2D eigenvalue weighted by atomic mass is 16.5. The van der Waals surface area contributed by atoms with E-state index in [2.05, 4.69) is 49.1 Å². The molecule has 0 aliphatic heterocycles. The summed E-state index contributed by atoms with van der Waals surface area (Å²) in [5, 5.41) is 2.95. The molecule has 0 aliphatic carbocycles. The third-order valence-electron chi connectivity index (χ3n) is 3.43. The summed E-state index contributed by atoms with van der Waals surface area (Å²) >= 11 is 0. The van der Waals surface area contributed by atoms with Crippen molar-refractivity contribution in [1.29, 1.82) is 0 Å². The first kappa shape index (κ1) is 18.9. The van der Waals surface area contributed by atoms with E-state index in [4.69, 9.17) is 9.47 Å². The Morgan fingerprint density at radius 2 is 2.05 bits per heavy atom. The van der Waals surface area contributed by atoms with Crippen LogP contribution in [0.4, 0.5) is 0 Å². The molecule has 0 bridgehead atoms. The predicted octanol–water partition coefficient (Wildman–Crippen LogP) is 2.60. The van der Waals surface area contributed by atoms with E-state index >= 15 is 0 Å². The van der Waals surface area contributed by atoms with Gasteiger partial charge in [0, 0.05) is 19.2 Å². The van der Waals surface area contributed by atoms with Crippen LogP contribution in [0.5, 0.6) is 5.75 Å². The molecule has 3 N–H and O–H groups in total. The van der Waals surface area contributed by atoms with Crippen LogP contribution in [0.15, 0.2) is 24.3 Å². The van der Waals surface area contributed by atoms with Crippen LogP contribution in [0.25, 0.3) is 0 Å². The zero-order valence-electron chi connectivity index (χ0n) is 14.3. The molecule has 1 unspecified atom stereocenters. The van der Waals surface area contributed by atoms with Gasteiger partial charge in [-0.2, -0.15) is 0 Å². The minimum absolute atomic E-state index is 0.221. The van der Waals surface area contributed by atoms with E-state index in [0.717, 1.165) is 31.7 Å². The van der Waals surface area contributed by atoms with Crippen molar-refractivity contribution in [2.24, 2.45) is 0 Å². The van der Waals surface area contributed by atoms with E-state index in [1.165, 1.54) is 5.56 Å². The molecule has 5 nitrogen and oxygen atoms in total. The van der Waals surface area contributed by atoms with Crippen molar-refractivity contribution >= 4 is 0 Å². The summed E-state index contributed by atoms with van der Waals surface area (Å²) in [4.78, 5) is 0. The molecular weight excluding hydrogens is 278 g/mol. The van der Waals surface area contributed by atoms with Gasteiger partial charge in [-0.05, 0) is 51.4 Å². The molecule has 0 spiro atoms. The third-order valence-corrected chi connectivity index (χ3v) is 3.43. The Morgan fingerprint density at radius 3 is 2.77 bits per heavy atom. The Morgan fingerprint density at radius 1 is 1.23 bits per heavy atom. The lowest BCUT2D eigenvalue weighted by molar-refractivity contribution is 0.118. The molecule has 126 valence electrons. The van der Waals surface area contributed by atoms with Gasteiger partial charge in [0.25, 0.3) is 0 Å². The van der Waals surface area contributed by atoms with E-state index < -0.39 is 0 Å². The molecule has 0 amide bonds. The summed E-state index contributed by atoms with van der Waals surface area (Å²) in [6.07, 6.45) is 2.22. The van der Waals surface area contributed by atoms with Gasteiger partial charge in [0.1, 0.15) is 5.75 Å². The van der Waals surface area contributed by atoms with Crippen LogP contribution < -0.4 is 20.9 Å². The second kappa shape index (κ2) is 11.4.